The van der Waals surface area contributed by atoms with Gasteiger partial charge in [-0.2, -0.15) is 5.10 Å². The predicted molar refractivity (Wildman–Crippen MR) is 140 cm³/mol. The molecule has 1 aliphatic rings. The summed E-state index contributed by atoms with van der Waals surface area (Å²) in [5.41, 5.74) is 4.93. The molecule has 8 nitrogen and oxygen atoms in total. The third-order valence-electron chi connectivity index (χ3n) is 5.96. The van der Waals surface area contributed by atoms with Gasteiger partial charge in [-0.25, -0.2) is 4.98 Å². The first-order valence-electron chi connectivity index (χ1n) is 11.7. The fraction of sp³-hybridized carbons (Fsp3) is 0.172. The minimum absolute atomic E-state index is 0.236. The number of methoxy groups -OCH3 is 3. The number of hydrogen-bond donors (Lipinski definition) is 1. The van der Waals surface area contributed by atoms with Gasteiger partial charge in [-0.3, -0.25) is 5.10 Å². The van der Waals surface area contributed by atoms with Gasteiger partial charge in [-0.1, -0.05) is 54.6 Å². The monoisotopic (exact) mass is 497 g/mol. The van der Waals surface area contributed by atoms with Crippen LogP contribution in [0.15, 0.2) is 84.3 Å². The molecule has 5 rings (SSSR count). The van der Waals surface area contributed by atoms with Crippen molar-refractivity contribution in [2.75, 3.05) is 28.1 Å². The summed E-state index contributed by atoms with van der Waals surface area (Å²) >= 11 is 0. The number of aromatic nitrogens is 3. The molecule has 0 amide bonds. The van der Waals surface area contributed by atoms with Crippen molar-refractivity contribution in [1.29, 1.82) is 0 Å². The summed E-state index contributed by atoms with van der Waals surface area (Å²) < 4.78 is 27.3. The second-order valence-electron chi connectivity index (χ2n) is 8.29. The second kappa shape index (κ2) is 10.9. The van der Waals surface area contributed by atoms with Crippen molar-refractivity contribution in [3.8, 4) is 40.0 Å². The van der Waals surface area contributed by atoms with Crippen LogP contribution in [-0.2, 0) is 15.9 Å². The van der Waals surface area contributed by atoms with Crippen LogP contribution in [0.1, 0.15) is 11.1 Å². The molecule has 0 atom stereocenters. The van der Waals surface area contributed by atoms with Crippen molar-refractivity contribution >= 4 is 6.08 Å². The zero-order valence-electron chi connectivity index (χ0n) is 20.9. The Balaban J connectivity index is 1.40. The molecule has 37 heavy (non-hydrogen) atoms. The van der Waals surface area contributed by atoms with Crippen molar-refractivity contribution in [3.05, 3.63) is 95.5 Å². The molecule has 1 aliphatic heterocycles. The van der Waals surface area contributed by atoms with E-state index in [-0.39, 0.29) is 6.79 Å². The van der Waals surface area contributed by atoms with E-state index in [4.69, 9.17) is 23.7 Å². The third kappa shape index (κ3) is 5.28. The standard InChI is InChI=1S/C29H27N3O5/c1-33-24-15-23(16-25(34-2)27(24)35-3)29-30-28(31-32-29)21-11-9-20(10-12-21)14-22(26-17-36-18-37-26)13-19-7-5-4-6-8-19/h4-12,14-17H,13,18H2,1-3H3,(H,30,31,32). The van der Waals surface area contributed by atoms with Crippen LogP contribution in [0.25, 0.3) is 28.9 Å². The quantitative estimate of drug-likeness (QED) is 0.320. The zero-order chi connectivity index (χ0) is 25.6. The van der Waals surface area contributed by atoms with Gasteiger partial charge in [0, 0.05) is 23.1 Å². The van der Waals surface area contributed by atoms with E-state index in [2.05, 4.69) is 33.4 Å². The van der Waals surface area contributed by atoms with E-state index in [0.29, 0.717) is 28.9 Å². The first kappa shape index (κ1) is 24.0. The maximum atomic E-state index is 5.67. The molecule has 8 heteroatoms. The maximum absolute atomic E-state index is 5.67. The summed E-state index contributed by atoms with van der Waals surface area (Å²) in [6.07, 6.45) is 4.51. The molecule has 0 unspecified atom stereocenters. The van der Waals surface area contributed by atoms with E-state index >= 15 is 0 Å². The fourth-order valence-electron chi connectivity index (χ4n) is 4.10. The van der Waals surface area contributed by atoms with Crippen LogP contribution in [0, 0.1) is 0 Å². The molecule has 2 heterocycles. The minimum atomic E-state index is 0.236. The van der Waals surface area contributed by atoms with Crippen molar-refractivity contribution in [3.63, 3.8) is 0 Å². The van der Waals surface area contributed by atoms with Gasteiger partial charge in [-0.05, 0) is 29.3 Å². The molecule has 0 spiro atoms. The summed E-state index contributed by atoms with van der Waals surface area (Å²) in [5, 5.41) is 7.43. The van der Waals surface area contributed by atoms with Crippen molar-refractivity contribution < 1.29 is 23.7 Å². The molecule has 188 valence electrons. The van der Waals surface area contributed by atoms with E-state index in [1.54, 1.807) is 27.6 Å². The first-order valence-corrected chi connectivity index (χ1v) is 11.7. The average Bonchev–Trinajstić information content (AvgIpc) is 3.66. The van der Waals surface area contributed by atoms with Gasteiger partial charge in [0.1, 0.15) is 6.26 Å². The number of ether oxygens (including phenoxy) is 5. The normalized spacial score (nSPS) is 12.9. The van der Waals surface area contributed by atoms with E-state index in [1.165, 1.54) is 5.56 Å². The lowest BCUT2D eigenvalue weighted by Gasteiger charge is -2.12. The molecule has 0 fully saturated rings. The van der Waals surface area contributed by atoms with Crippen LogP contribution >= 0.6 is 0 Å². The summed E-state index contributed by atoms with van der Waals surface area (Å²) in [5.74, 6) is 3.52. The Hall–Kier alpha value is -4.72. The Kier molecular flexibility index (Phi) is 7.07. The number of rotatable bonds is 9. The molecule has 0 bridgehead atoms. The van der Waals surface area contributed by atoms with Gasteiger partial charge in [0.05, 0.1) is 21.3 Å². The number of nitrogens with one attached hydrogen (secondary N) is 1. The number of nitrogens with zero attached hydrogens (tertiary/aromatic N) is 2. The molecular formula is C29H27N3O5. The maximum Gasteiger partial charge on any atom is 0.230 e. The topological polar surface area (TPSA) is 87.7 Å². The Labute approximate surface area is 215 Å². The van der Waals surface area contributed by atoms with Crippen LogP contribution < -0.4 is 14.2 Å². The molecule has 4 aromatic rings. The molecule has 1 N–H and O–H groups in total. The van der Waals surface area contributed by atoms with Crippen LogP contribution in [0.4, 0.5) is 0 Å². The second-order valence-corrected chi connectivity index (χ2v) is 8.29. The SMILES string of the molecule is COc1cc(-c2n[nH]c(-c3ccc(C=C(Cc4ccccc4)C4=COCO4)cc3)n2)cc(OC)c1OC. The molecule has 0 radical (unpaired) electrons. The van der Waals surface area contributed by atoms with E-state index in [9.17, 15) is 0 Å². The van der Waals surface area contributed by atoms with Crippen LogP contribution in [0.3, 0.4) is 0 Å². The van der Waals surface area contributed by atoms with E-state index < -0.39 is 0 Å². The molecule has 3 aromatic carbocycles. The lowest BCUT2D eigenvalue weighted by molar-refractivity contribution is 0.0830. The summed E-state index contributed by atoms with van der Waals surface area (Å²) in [4.78, 5) is 4.69. The first-order chi connectivity index (χ1) is 18.2. The van der Waals surface area contributed by atoms with Crippen molar-refractivity contribution in [1.82, 2.24) is 15.2 Å². The van der Waals surface area contributed by atoms with E-state index in [0.717, 1.165) is 34.4 Å². The fourth-order valence-corrected chi connectivity index (χ4v) is 4.10. The predicted octanol–water partition coefficient (Wildman–Crippen LogP) is 5.64. The Morgan fingerprint density at radius 2 is 1.65 bits per heavy atom. The number of aromatic amines is 1. The van der Waals surface area contributed by atoms with Crippen LogP contribution in [-0.4, -0.2) is 43.3 Å². The molecule has 0 saturated heterocycles. The van der Waals surface area contributed by atoms with Crippen LogP contribution in [0.2, 0.25) is 0 Å². The highest BCUT2D eigenvalue weighted by molar-refractivity contribution is 5.69. The van der Waals surface area contributed by atoms with Gasteiger partial charge in [0.25, 0.3) is 0 Å². The van der Waals surface area contributed by atoms with E-state index in [1.807, 2.05) is 54.6 Å². The van der Waals surface area contributed by atoms with Crippen molar-refractivity contribution in [2.45, 2.75) is 6.42 Å². The highest BCUT2D eigenvalue weighted by atomic mass is 16.7. The van der Waals surface area contributed by atoms with Gasteiger partial charge < -0.3 is 23.7 Å². The summed E-state index contributed by atoms with van der Waals surface area (Å²) in [6, 6.07) is 22.0. The summed E-state index contributed by atoms with van der Waals surface area (Å²) in [6.45, 7) is 0.236. The lowest BCUT2D eigenvalue weighted by atomic mass is 10.0. The largest absolute Gasteiger partial charge is 0.493 e. The summed E-state index contributed by atoms with van der Waals surface area (Å²) in [7, 11) is 4.72. The van der Waals surface area contributed by atoms with Gasteiger partial charge in [0.15, 0.2) is 28.9 Å². The molecule has 0 aliphatic carbocycles. The van der Waals surface area contributed by atoms with Gasteiger partial charge in [-0.15, -0.1) is 0 Å². The lowest BCUT2D eigenvalue weighted by Crippen LogP contribution is -1.96. The average molecular weight is 498 g/mol. The number of H-pyrrole nitrogens is 1. The molecular weight excluding hydrogens is 470 g/mol. The number of hydrogen-bond acceptors (Lipinski definition) is 7. The Bertz CT molecular complexity index is 1400. The third-order valence-corrected chi connectivity index (χ3v) is 5.96. The van der Waals surface area contributed by atoms with Crippen LogP contribution in [0.5, 0.6) is 17.2 Å². The van der Waals surface area contributed by atoms with Gasteiger partial charge >= 0.3 is 0 Å². The highest BCUT2D eigenvalue weighted by Gasteiger charge is 2.17. The number of benzene rings is 3. The smallest absolute Gasteiger partial charge is 0.230 e. The van der Waals surface area contributed by atoms with Gasteiger partial charge in [0.2, 0.25) is 12.5 Å². The number of allylic oxidation sites excluding steroid dienone is 1. The Morgan fingerprint density at radius 3 is 2.27 bits per heavy atom. The Morgan fingerprint density at radius 1 is 0.919 bits per heavy atom. The van der Waals surface area contributed by atoms with Crippen molar-refractivity contribution in [2.24, 2.45) is 0 Å². The minimum Gasteiger partial charge on any atom is -0.493 e. The zero-order valence-corrected chi connectivity index (χ0v) is 20.9. The molecule has 1 aromatic heterocycles. The molecule has 0 saturated carbocycles. The highest BCUT2D eigenvalue weighted by Crippen LogP contribution is 2.40.